The number of nitrogens with zero attached hydrogens (tertiary/aromatic N) is 1. The molecule has 1 aromatic carbocycles. The fourth-order valence-corrected chi connectivity index (χ4v) is 2.08. The number of methoxy groups -OCH3 is 1. The summed E-state index contributed by atoms with van der Waals surface area (Å²) in [5.74, 6) is -0.563. The van der Waals surface area contributed by atoms with E-state index in [2.05, 4.69) is 6.58 Å². The highest BCUT2D eigenvalue weighted by molar-refractivity contribution is 6.00. The largest absolute Gasteiger partial charge is 0.467 e. The predicted molar refractivity (Wildman–Crippen MR) is 66.6 cm³/mol. The maximum Gasteiger partial charge on any atom is 0.328 e. The van der Waals surface area contributed by atoms with Crippen LogP contribution in [0.15, 0.2) is 42.5 Å². The third kappa shape index (κ3) is 2.27. The van der Waals surface area contributed by atoms with Gasteiger partial charge in [-0.05, 0) is 5.56 Å². The number of rotatable bonds is 3. The van der Waals surface area contributed by atoms with Gasteiger partial charge in [0.05, 0.1) is 7.11 Å². The van der Waals surface area contributed by atoms with Crippen molar-refractivity contribution in [1.82, 2.24) is 4.90 Å². The Labute approximate surface area is 106 Å². The van der Waals surface area contributed by atoms with Crippen LogP contribution in [-0.2, 0) is 20.9 Å². The summed E-state index contributed by atoms with van der Waals surface area (Å²) in [7, 11) is 1.33. The summed E-state index contributed by atoms with van der Waals surface area (Å²) >= 11 is 0. The van der Waals surface area contributed by atoms with E-state index in [0.29, 0.717) is 18.5 Å². The van der Waals surface area contributed by atoms with Crippen molar-refractivity contribution in [3.8, 4) is 0 Å². The number of carbonyl (C=O) groups excluding carboxylic acids is 2. The van der Waals surface area contributed by atoms with Crippen LogP contribution in [0, 0.1) is 0 Å². The van der Waals surface area contributed by atoms with Crippen LogP contribution in [0.5, 0.6) is 0 Å². The zero-order valence-corrected chi connectivity index (χ0v) is 10.3. The molecule has 1 amide bonds. The second kappa shape index (κ2) is 5.04. The fraction of sp³-hybridized carbons (Fsp3) is 0.286. The Morgan fingerprint density at radius 1 is 1.44 bits per heavy atom. The van der Waals surface area contributed by atoms with E-state index >= 15 is 0 Å². The molecule has 1 heterocycles. The lowest BCUT2D eigenvalue weighted by Gasteiger charge is -2.22. The molecule has 0 N–H and O–H groups in total. The van der Waals surface area contributed by atoms with Gasteiger partial charge in [0.15, 0.2) is 0 Å². The third-order valence-corrected chi connectivity index (χ3v) is 3.05. The molecule has 4 heteroatoms. The number of amides is 1. The number of benzene rings is 1. The highest BCUT2D eigenvalue weighted by Gasteiger charge is 2.39. The van der Waals surface area contributed by atoms with Crippen molar-refractivity contribution in [2.24, 2.45) is 0 Å². The van der Waals surface area contributed by atoms with Gasteiger partial charge < -0.3 is 9.64 Å². The van der Waals surface area contributed by atoms with E-state index in [1.807, 2.05) is 30.3 Å². The van der Waals surface area contributed by atoms with E-state index in [1.54, 1.807) is 0 Å². The molecule has 1 atom stereocenters. The topological polar surface area (TPSA) is 46.6 Å². The summed E-state index contributed by atoms with van der Waals surface area (Å²) in [6.45, 7) is 4.10. The number of esters is 1. The molecule has 1 saturated heterocycles. The maximum atomic E-state index is 12.0. The molecule has 0 radical (unpaired) electrons. The van der Waals surface area contributed by atoms with E-state index in [4.69, 9.17) is 4.74 Å². The van der Waals surface area contributed by atoms with Crippen molar-refractivity contribution < 1.29 is 14.3 Å². The summed E-state index contributed by atoms with van der Waals surface area (Å²) in [5.41, 5.74) is 1.44. The van der Waals surface area contributed by atoms with Gasteiger partial charge in [-0.15, -0.1) is 0 Å². The summed E-state index contributed by atoms with van der Waals surface area (Å²) in [6.07, 6.45) is 0.346. The first-order valence-corrected chi connectivity index (χ1v) is 5.74. The van der Waals surface area contributed by atoms with Gasteiger partial charge in [-0.25, -0.2) is 4.79 Å². The Bertz CT molecular complexity index is 481. The van der Waals surface area contributed by atoms with E-state index in [-0.39, 0.29) is 5.91 Å². The van der Waals surface area contributed by atoms with Gasteiger partial charge >= 0.3 is 5.97 Å². The van der Waals surface area contributed by atoms with Crippen molar-refractivity contribution in [2.75, 3.05) is 7.11 Å². The van der Waals surface area contributed by atoms with Gasteiger partial charge in [-0.1, -0.05) is 36.9 Å². The van der Waals surface area contributed by atoms with Crippen LogP contribution in [0.25, 0.3) is 0 Å². The van der Waals surface area contributed by atoms with E-state index in [9.17, 15) is 9.59 Å². The maximum absolute atomic E-state index is 12.0. The fourth-order valence-electron chi connectivity index (χ4n) is 2.08. The molecular formula is C14H15NO3. The number of carbonyl (C=O) groups is 2. The lowest BCUT2D eigenvalue weighted by molar-refractivity contribution is -0.149. The first-order chi connectivity index (χ1) is 8.63. The minimum atomic E-state index is -0.546. The molecule has 2 rings (SSSR count). The zero-order chi connectivity index (χ0) is 13.1. The molecule has 4 nitrogen and oxygen atoms in total. The average Bonchev–Trinajstić information content (AvgIpc) is 2.67. The van der Waals surface area contributed by atoms with Crippen LogP contribution in [0.1, 0.15) is 12.0 Å². The second-order valence-corrected chi connectivity index (χ2v) is 4.27. The quantitative estimate of drug-likeness (QED) is 0.599. The van der Waals surface area contributed by atoms with Gasteiger partial charge in [0.2, 0.25) is 5.91 Å². The molecule has 1 fully saturated rings. The Balaban J connectivity index is 2.20. The van der Waals surface area contributed by atoms with Crippen LogP contribution in [0.3, 0.4) is 0 Å². The highest BCUT2D eigenvalue weighted by Crippen LogP contribution is 2.25. The molecule has 1 aromatic rings. The Hall–Kier alpha value is -2.10. The molecule has 0 bridgehead atoms. The van der Waals surface area contributed by atoms with Crippen molar-refractivity contribution in [1.29, 1.82) is 0 Å². The molecule has 0 aliphatic carbocycles. The van der Waals surface area contributed by atoms with E-state index < -0.39 is 12.0 Å². The Morgan fingerprint density at radius 3 is 2.72 bits per heavy atom. The SMILES string of the molecule is C=C1C[C@@H](C(=O)OC)N(Cc2ccccc2)C1=O. The second-order valence-electron chi connectivity index (χ2n) is 4.27. The Kier molecular flexibility index (Phi) is 3.46. The number of ether oxygens (including phenoxy) is 1. The minimum Gasteiger partial charge on any atom is -0.467 e. The molecule has 0 spiro atoms. The summed E-state index contributed by atoms with van der Waals surface area (Å²) < 4.78 is 4.72. The van der Waals surface area contributed by atoms with Crippen LogP contribution < -0.4 is 0 Å². The van der Waals surface area contributed by atoms with Crippen molar-refractivity contribution in [3.63, 3.8) is 0 Å². The summed E-state index contributed by atoms with van der Waals surface area (Å²) in [6, 6.07) is 9.00. The molecule has 0 aromatic heterocycles. The molecule has 1 aliphatic heterocycles. The first-order valence-electron chi connectivity index (χ1n) is 5.74. The molecule has 1 aliphatic rings. The molecular weight excluding hydrogens is 230 g/mol. The van der Waals surface area contributed by atoms with Crippen molar-refractivity contribution in [2.45, 2.75) is 19.0 Å². The minimum absolute atomic E-state index is 0.172. The van der Waals surface area contributed by atoms with Crippen LogP contribution in [0.2, 0.25) is 0 Å². The first kappa shape index (κ1) is 12.4. The lowest BCUT2D eigenvalue weighted by Crippen LogP contribution is -2.38. The van der Waals surface area contributed by atoms with Gasteiger partial charge in [-0.2, -0.15) is 0 Å². The van der Waals surface area contributed by atoms with Gasteiger partial charge in [0.1, 0.15) is 6.04 Å². The van der Waals surface area contributed by atoms with E-state index in [0.717, 1.165) is 5.56 Å². The monoisotopic (exact) mass is 245 g/mol. The zero-order valence-electron chi connectivity index (χ0n) is 10.3. The van der Waals surface area contributed by atoms with Crippen LogP contribution >= 0.6 is 0 Å². The lowest BCUT2D eigenvalue weighted by atomic mass is 10.1. The van der Waals surface area contributed by atoms with E-state index in [1.165, 1.54) is 12.0 Å². The van der Waals surface area contributed by atoms with Gasteiger partial charge in [0.25, 0.3) is 0 Å². The number of hydrogen-bond acceptors (Lipinski definition) is 3. The van der Waals surface area contributed by atoms with Gasteiger partial charge in [-0.3, -0.25) is 4.79 Å². The molecule has 94 valence electrons. The summed E-state index contributed by atoms with van der Waals surface area (Å²) in [5, 5.41) is 0. The van der Waals surface area contributed by atoms with Gasteiger partial charge in [0, 0.05) is 18.5 Å². The molecule has 0 unspecified atom stereocenters. The smallest absolute Gasteiger partial charge is 0.328 e. The number of hydrogen-bond donors (Lipinski definition) is 0. The highest BCUT2D eigenvalue weighted by atomic mass is 16.5. The average molecular weight is 245 g/mol. The van der Waals surface area contributed by atoms with Crippen molar-refractivity contribution in [3.05, 3.63) is 48.0 Å². The Morgan fingerprint density at radius 2 is 2.11 bits per heavy atom. The standard InChI is InChI=1S/C14H15NO3/c1-10-8-12(14(17)18-2)15(13(10)16)9-11-6-4-3-5-7-11/h3-7,12H,1,8-9H2,2H3/t12-/m0/s1. The van der Waals surface area contributed by atoms with Crippen molar-refractivity contribution >= 4 is 11.9 Å². The normalized spacial score (nSPS) is 19.2. The third-order valence-electron chi connectivity index (χ3n) is 3.05. The molecule has 18 heavy (non-hydrogen) atoms. The summed E-state index contributed by atoms with van der Waals surface area (Å²) in [4.78, 5) is 25.1. The molecule has 0 saturated carbocycles. The van der Waals surface area contributed by atoms with Crippen LogP contribution in [0.4, 0.5) is 0 Å². The van der Waals surface area contributed by atoms with Crippen LogP contribution in [-0.4, -0.2) is 29.9 Å². The number of likely N-dealkylation sites (tertiary alicyclic amines) is 1. The predicted octanol–water partition coefficient (Wildman–Crippen LogP) is 1.52.